The largest absolute Gasteiger partial charge is 0.482 e. The van der Waals surface area contributed by atoms with Gasteiger partial charge in [-0.2, -0.15) is 0 Å². The predicted octanol–water partition coefficient (Wildman–Crippen LogP) is 1.26. The number of rotatable bonds is 8. The van der Waals surface area contributed by atoms with Gasteiger partial charge in [0.2, 0.25) is 0 Å². The molecule has 1 aromatic heterocycles. The second kappa shape index (κ2) is 6.95. The van der Waals surface area contributed by atoms with Crippen LogP contribution in [0.3, 0.4) is 0 Å². The first-order valence-corrected chi connectivity index (χ1v) is 8.94. The molecule has 2 fully saturated rings. The Morgan fingerprint density at radius 3 is 2.46 bits per heavy atom. The minimum Gasteiger partial charge on any atom is -0.482 e. The quantitative estimate of drug-likeness (QED) is 0.734. The summed E-state index contributed by atoms with van der Waals surface area (Å²) in [4.78, 5) is 10.9. The minimum absolute atomic E-state index is 0.190. The Labute approximate surface area is 151 Å². The van der Waals surface area contributed by atoms with E-state index in [4.69, 9.17) is 20.9 Å². The molecule has 0 spiro atoms. The molecule has 2 saturated carbocycles. The van der Waals surface area contributed by atoms with E-state index >= 15 is 0 Å². The molecule has 0 radical (unpaired) electrons. The van der Waals surface area contributed by atoms with E-state index in [-0.39, 0.29) is 12.6 Å². The van der Waals surface area contributed by atoms with Gasteiger partial charge in [0.1, 0.15) is 12.4 Å². The molecule has 4 N–H and O–H groups in total. The van der Waals surface area contributed by atoms with Gasteiger partial charge in [-0.15, -0.1) is 10.2 Å². The van der Waals surface area contributed by atoms with Crippen molar-refractivity contribution in [1.82, 2.24) is 14.8 Å². The van der Waals surface area contributed by atoms with E-state index in [1.165, 1.54) is 0 Å². The molecule has 2 aliphatic carbocycles. The summed E-state index contributed by atoms with van der Waals surface area (Å²) in [6.45, 7) is 0.101. The molecule has 26 heavy (non-hydrogen) atoms. The van der Waals surface area contributed by atoms with E-state index in [0.29, 0.717) is 30.1 Å². The van der Waals surface area contributed by atoms with Crippen LogP contribution in [-0.4, -0.2) is 33.3 Å². The number of nitrogens with zero attached hydrogens (tertiary/aromatic N) is 3. The summed E-state index contributed by atoms with van der Waals surface area (Å²) >= 11 is 0. The van der Waals surface area contributed by atoms with Gasteiger partial charge in [0, 0.05) is 18.0 Å². The minimum atomic E-state index is -0.531. The van der Waals surface area contributed by atoms with Crippen LogP contribution < -0.4 is 20.9 Å². The smallest absolute Gasteiger partial charge is 0.255 e. The van der Waals surface area contributed by atoms with E-state index in [0.717, 1.165) is 37.3 Å². The average Bonchev–Trinajstić information content (AvgIpc) is 3.36. The standard InChI is InChI=1S/C18H23N5O3/c19-12-7-11(8-12)18-22-21-17(23(18)13-5-6-13)10-26-15-4-2-1-3-14(15)25-9-16(20)24/h1-4,11-13H,5-10,19H2,(H2,20,24). The van der Waals surface area contributed by atoms with Crippen LogP contribution >= 0.6 is 0 Å². The maximum absolute atomic E-state index is 10.9. The van der Waals surface area contributed by atoms with E-state index in [9.17, 15) is 4.79 Å². The highest BCUT2D eigenvalue weighted by Gasteiger charge is 2.37. The first kappa shape index (κ1) is 16.8. The normalized spacial score (nSPS) is 21.9. The molecule has 0 aliphatic heterocycles. The first-order valence-electron chi connectivity index (χ1n) is 8.94. The Hall–Kier alpha value is -2.61. The van der Waals surface area contributed by atoms with Crippen molar-refractivity contribution in [2.45, 2.75) is 50.3 Å². The molecule has 2 aromatic rings. The number of carbonyl (C=O) groups is 1. The topological polar surface area (TPSA) is 118 Å². The fraction of sp³-hybridized carbons (Fsp3) is 0.500. The third kappa shape index (κ3) is 3.50. The molecule has 0 saturated heterocycles. The number of hydrogen-bond acceptors (Lipinski definition) is 6. The Kier molecular flexibility index (Phi) is 4.50. The monoisotopic (exact) mass is 357 g/mol. The lowest BCUT2D eigenvalue weighted by molar-refractivity contribution is -0.119. The van der Waals surface area contributed by atoms with Gasteiger partial charge in [-0.05, 0) is 37.8 Å². The average molecular weight is 357 g/mol. The molecular weight excluding hydrogens is 334 g/mol. The summed E-state index contributed by atoms with van der Waals surface area (Å²) in [7, 11) is 0. The number of primary amides is 1. The fourth-order valence-corrected chi connectivity index (χ4v) is 3.30. The molecule has 8 heteroatoms. The molecule has 138 valence electrons. The van der Waals surface area contributed by atoms with Gasteiger partial charge in [0.15, 0.2) is 23.9 Å². The third-order valence-electron chi connectivity index (χ3n) is 4.82. The number of hydrogen-bond donors (Lipinski definition) is 2. The summed E-state index contributed by atoms with van der Waals surface area (Å²) < 4.78 is 13.5. The molecule has 1 heterocycles. The van der Waals surface area contributed by atoms with Crippen LogP contribution in [0.25, 0.3) is 0 Å². The zero-order valence-corrected chi connectivity index (χ0v) is 14.5. The molecule has 2 aliphatic rings. The van der Waals surface area contributed by atoms with Crippen LogP contribution in [0.15, 0.2) is 24.3 Å². The van der Waals surface area contributed by atoms with Crippen LogP contribution in [0.5, 0.6) is 11.5 Å². The van der Waals surface area contributed by atoms with Crippen LogP contribution in [0.2, 0.25) is 0 Å². The fourth-order valence-electron chi connectivity index (χ4n) is 3.30. The SMILES string of the molecule is NC(=O)COc1ccccc1OCc1nnc(C2CC(N)C2)n1C1CC1. The predicted molar refractivity (Wildman–Crippen MR) is 93.7 cm³/mol. The van der Waals surface area contributed by atoms with Crippen LogP contribution in [0, 0.1) is 0 Å². The molecule has 0 atom stereocenters. The highest BCUT2D eigenvalue weighted by Crippen LogP contribution is 2.42. The lowest BCUT2D eigenvalue weighted by Gasteiger charge is -2.31. The molecule has 8 nitrogen and oxygen atoms in total. The van der Waals surface area contributed by atoms with Crippen LogP contribution in [-0.2, 0) is 11.4 Å². The number of carbonyl (C=O) groups excluding carboxylic acids is 1. The summed E-state index contributed by atoms with van der Waals surface area (Å²) in [5.41, 5.74) is 11.1. The number of para-hydroxylation sites is 2. The lowest BCUT2D eigenvalue weighted by Crippen LogP contribution is -2.36. The number of ether oxygens (including phenoxy) is 2. The van der Waals surface area contributed by atoms with E-state index in [1.807, 2.05) is 12.1 Å². The van der Waals surface area contributed by atoms with Crippen molar-refractivity contribution in [1.29, 1.82) is 0 Å². The van der Waals surface area contributed by atoms with Gasteiger partial charge in [0.05, 0.1) is 0 Å². The number of benzene rings is 1. The number of nitrogens with two attached hydrogens (primary N) is 2. The van der Waals surface area contributed by atoms with Crippen molar-refractivity contribution in [2.75, 3.05) is 6.61 Å². The summed E-state index contributed by atoms with van der Waals surface area (Å²) in [5.74, 6) is 2.74. The maximum atomic E-state index is 10.9. The van der Waals surface area contributed by atoms with Gasteiger partial charge in [-0.1, -0.05) is 12.1 Å². The van der Waals surface area contributed by atoms with Crippen molar-refractivity contribution >= 4 is 5.91 Å². The summed E-state index contributed by atoms with van der Waals surface area (Å²) in [5, 5.41) is 8.77. The van der Waals surface area contributed by atoms with Crippen LogP contribution in [0.4, 0.5) is 0 Å². The molecule has 4 rings (SSSR count). The van der Waals surface area contributed by atoms with E-state index in [2.05, 4.69) is 14.8 Å². The Morgan fingerprint density at radius 1 is 1.15 bits per heavy atom. The Balaban J connectivity index is 1.48. The van der Waals surface area contributed by atoms with Gasteiger partial charge >= 0.3 is 0 Å². The Morgan fingerprint density at radius 2 is 1.85 bits per heavy atom. The van der Waals surface area contributed by atoms with Crippen molar-refractivity contribution in [3.63, 3.8) is 0 Å². The van der Waals surface area contributed by atoms with Gasteiger partial charge in [0.25, 0.3) is 5.91 Å². The first-order chi connectivity index (χ1) is 12.6. The van der Waals surface area contributed by atoms with Crippen molar-refractivity contribution in [3.8, 4) is 11.5 Å². The lowest BCUT2D eigenvalue weighted by atomic mass is 9.80. The zero-order chi connectivity index (χ0) is 18.1. The van der Waals surface area contributed by atoms with Crippen LogP contribution in [0.1, 0.15) is 49.3 Å². The second-order valence-electron chi connectivity index (χ2n) is 6.99. The maximum Gasteiger partial charge on any atom is 0.255 e. The molecule has 0 bridgehead atoms. The molecule has 1 aromatic carbocycles. The van der Waals surface area contributed by atoms with Gasteiger partial charge in [-0.3, -0.25) is 4.79 Å². The molecule has 0 unspecified atom stereocenters. The molecular formula is C18H23N5O3. The van der Waals surface area contributed by atoms with Gasteiger partial charge in [-0.25, -0.2) is 0 Å². The van der Waals surface area contributed by atoms with Crippen molar-refractivity contribution in [2.24, 2.45) is 11.5 Å². The van der Waals surface area contributed by atoms with Gasteiger partial charge < -0.3 is 25.5 Å². The highest BCUT2D eigenvalue weighted by atomic mass is 16.5. The molecule has 1 amide bonds. The zero-order valence-electron chi connectivity index (χ0n) is 14.5. The Bertz CT molecular complexity index is 796. The second-order valence-corrected chi connectivity index (χ2v) is 6.99. The summed E-state index contributed by atoms with van der Waals surface area (Å²) in [6.07, 6.45) is 4.23. The number of amides is 1. The third-order valence-corrected chi connectivity index (χ3v) is 4.82. The number of aromatic nitrogens is 3. The highest BCUT2D eigenvalue weighted by molar-refractivity contribution is 5.75. The van der Waals surface area contributed by atoms with E-state index in [1.54, 1.807) is 12.1 Å². The van der Waals surface area contributed by atoms with Crippen molar-refractivity contribution < 1.29 is 14.3 Å². The summed E-state index contributed by atoms with van der Waals surface area (Å²) in [6, 6.07) is 7.94. The van der Waals surface area contributed by atoms with E-state index < -0.39 is 5.91 Å². The van der Waals surface area contributed by atoms with Crippen molar-refractivity contribution in [3.05, 3.63) is 35.9 Å².